The first-order chi connectivity index (χ1) is 10.5. The van der Waals surface area contributed by atoms with Gasteiger partial charge in [-0.3, -0.25) is 9.59 Å². The van der Waals surface area contributed by atoms with Gasteiger partial charge in [0.05, 0.1) is 5.52 Å². The van der Waals surface area contributed by atoms with E-state index in [-0.39, 0.29) is 11.8 Å². The molecule has 0 spiro atoms. The fourth-order valence-corrected chi connectivity index (χ4v) is 3.07. The third-order valence-corrected chi connectivity index (χ3v) is 4.26. The second-order valence-electron chi connectivity index (χ2n) is 5.68. The average Bonchev–Trinajstić information content (AvgIpc) is 3.02. The van der Waals surface area contributed by atoms with E-state index >= 15 is 0 Å². The van der Waals surface area contributed by atoms with Crippen LogP contribution in [0.5, 0.6) is 0 Å². The summed E-state index contributed by atoms with van der Waals surface area (Å²) >= 11 is 0. The maximum Gasteiger partial charge on any atom is 0.270 e. The SMILES string of the molecule is CCn1c(C(=O)N2CCN(C(C)=O)CC2)cc2oc(C)cc21. The van der Waals surface area contributed by atoms with Gasteiger partial charge >= 0.3 is 0 Å². The molecule has 1 saturated heterocycles. The summed E-state index contributed by atoms with van der Waals surface area (Å²) in [6.45, 7) is 8.57. The second kappa shape index (κ2) is 5.51. The number of nitrogens with zero attached hydrogens (tertiary/aromatic N) is 3. The summed E-state index contributed by atoms with van der Waals surface area (Å²) < 4.78 is 7.62. The predicted molar refractivity (Wildman–Crippen MR) is 82.8 cm³/mol. The van der Waals surface area contributed by atoms with Crippen LogP contribution in [0.1, 0.15) is 30.1 Å². The van der Waals surface area contributed by atoms with Gasteiger partial charge in [-0.2, -0.15) is 0 Å². The number of hydrogen-bond acceptors (Lipinski definition) is 3. The van der Waals surface area contributed by atoms with Crippen LogP contribution in [0.4, 0.5) is 0 Å². The van der Waals surface area contributed by atoms with Crippen LogP contribution in [0.3, 0.4) is 0 Å². The fraction of sp³-hybridized carbons (Fsp3) is 0.500. The smallest absolute Gasteiger partial charge is 0.270 e. The molecule has 1 aliphatic rings. The summed E-state index contributed by atoms with van der Waals surface area (Å²) in [5.41, 5.74) is 2.38. The van der Waals surface area contributed by atoms with Crippen molar-refractivity contribution in [3.63, 3.8) is 0 Å². The van der Waals surface area contributed by atoms with E-state index in [1.165, 1.54) is 0 Å². The molecule has 1 aliphatic heterocycles. The molecule has 2 aromatic rings. The Hall–Kier alpha value is -2.24. The van der Waals surface area contributed by atoms with Crippen LogP contribution in [0.2, 0.25) is 0 Å². The maximum atomic E-state index is 12.8. The van der Waals surface area contributed by atoms with Crippen molar-refractivity contribution in [2.75, 3.05) is 26.2 Å². The molecule has 0 atom stereocenters. The Bertz CT molecular complexity index is 720. The van der Waals surface area contributed by atoms with E-state index in [4.69, 9.17) is 4.42 Å². The number of hydrogen-bond donors (Lipinski definition) is 0. The number of carbonyl (C=O) groups excluding carboxylic acids is 2. The van der Waals surface area contributed by atoms with Crippen molar-refractivity contribution in [2.24, 2.45) is 0 Å². The standard InChI is InChI=1S/C16H21N3O3/c1-4-19-13-9-11(2)22-15(13)10-14(19)16(21)18-7-5-17(6-8-18)12(3)20/h9-10H,4-8H2,1-3H3. The van der Waals surface area contributed by atoms with Crippen LogP contribution in [0.25, 0.3) is 11.1 Å². The van der Waals surface area contributed by atoms with Gasteiger partial charge in [0.15, 0.2) is 5.58 Å². The van der Waals surface area contributed by atoms with Crippen LogP contribution in [0.15, 0.2) is 16.5 Å². The molecule has 0 aliphatic carbocycles. The summed E-state index contributed by atoms with van der Waals surface area (Å²) in [6, 6.07) is 3.79. The van der Waals surface area contributed by atoms with Gasteiger partial charge in [0.25, 0.3) is 5.91 Å². The Morgan fingerprint density at radius 2 is 1.77 bits per heavy atom. The summed E-state index contributed by atoms with van der Waals surface area (Å²) in [7, 11) is 0. The van der Waals surface area contributed by atoms with Crippen molar-refractivity contribution in [3.8, 4) is 0 Å². The average molecular weight is 303 g/mol. The van der Waals surface area contributed by atoms with Crippen molar-refractivity contribution in [3.05, 3.63) is 23.6 Å². The molecule has 0 radical (unpaired) electrons. The van der Waals surface area contributed by atoms with E-state index in [0.29, 0.717) is 31.9 Å². The van der Waals surface area contributed by atoms with Gasteiger partial charge in [0, 0.05) is 51.8 Å². The zero-order valence-corrected chi connectivity index (χ0v) is 13.3. The van der Waals surface area contributed by atoms with E-state index in [9.17, 15) is 9.59 Å². The lowest BCUT2D eigenvalue weighted by molar-refractivity contribution is -0.130. The van der Waals surface area contributed by atoms with Crippen molar-refractivity contribution in [1.29, 1.82) is 0 Å². The Kier molecular flexibility index (Phi) is 3.68. The van der Waals surface area contributed by atoms with Crippen molar-refractivity contribution >= 4 is 22.9 Å². The Morgan fingerprint density at radius 3 is 2.36 bits per heavy atom. The highest BCUT2D eigenvalue weighted by Crippen LogP contribution is 2.24. The fourth-order valence-electron chi connectivity index (χ4n) is 3.07. The number of aromatic nitrogens is 1. The molecule has 3 heterocycles. The molecule has 0 N–H and O–H groups in total. The van der Waals surface area contributed by atoms with E-state index in [2.05, 4.69) is 0 Å². The molecule has 0 saturated carbocycles. The van der Waals surface area contributed by atoms with Gasteiger partial charge < -0.3 is 18.8 Å². The molecule has 22 heavy (non-hydrogen) atoms. The molecule has 0 bridgehead atoms. The van der Waals surface area contributed by atoms with Crippen molar-refractivity contribution < 1.29 is 14.0 Å². The van der Waals surface area contributed by atoms with E-state index in [1.54, 1.807) is 11.8 Å². The molecule has 6 heteroatoms. The summed E-state index contributed by atoms with van der Waals surface area (Å²) in [5, 5.41) is 0. The number of furan rings is 1. The number of fused-ring (bicyclic) bond motifs is 1. The van der Waals surface area contributed by atoms with E-state index in [1.807, 2.05) is 35.4 Å². The van der Waals surface area contributed by atoms with E-state index in [0.717, 1.165) is 23.4 Å². The van der Waals surface area contributed by atoms with Crippen molar-refractivity contribution in [2.45, 2.75) is 27.3 Å². The number of amides is 2. The van der Waals surface area contributed by atoms with Gasteiger partial charge in [-0.05, 0) is 13.8 Å². The number of rotatable bonds is 2. The topological polar surface area (TPSA) is 58.7 Å². The Labute approximate surface area is 129 Å². The minimum absolute atomic E-state index is 0.00843. The minimum Gasteiger partial charge on any atom is -0.460 e. The maximum absolute atomic E-state index is 12.8. The van der Waals surface area contributed by atoms with Gasteiger partial charge in [0.2, 0.25) is 5.91 Å². The Balaban J connectivity index is 1.83. The highest BCUT2D eigenvalue weighted by atomic mass is 16.3. The monoisotopic (exact) mass is 303 g/mol. The summed E-state index contributed by atoms with van der Waals surface area (Å²) in [4.78, 5) is 27.7. The Morgan fingerprint density at radius 1 is 1.14 bits per heavy atom. The lowest BCUT2D eigenvalue weighted by atomic mass is 10.2. The van der Waals surface area contributed by atoms with Crippen molar-refractivity contribution in [1.82, 2.24) is 14.4 Å². The number of piperazine rings is 1. The molecule has 0 aromatic carbocycles. The molecular weight excluding hydrogens is 282 g/mol. The van der Waals surface area contributed by atoms with Gasteiger partial charge in [-0.1, -0.05) is 0 Å². The normalized spacial score (nSPS) is 15.6. The van der Waals surface area contributed by atoms with Gasteiger partial charge in [0.1, 0.15) is 11.5 Å². The second-order valence-corrected chi connectivity index (χ2v) is 5.68. The molecule has 0 unspecified atom stereocenters. The molecule has 6 nitrogen and oxygen atoms in total. The van der Waals surface area contributed by atoms with Crippen LogP contribution in [-0.2, 0) is 11.3 Å². The predicted octanol–water partition coefficient (Wildman–Crippen LogP) is 1.87. The molecule has 1 fully saturated rings. The first-order valence-electron chi connectivity index (χ1n) is 7.65. The highest BCUT2D eigenvalue weighted by Gasteiger charge is 2.26. The van der Waals surface area contributed by atoms with Crippen LogP contribution in [0, 0.1) is 6.92 Å². The number of carbonyl (C=O) groups is 2. The molecule has 118 valence electrons. The summed E-state index contributed by atoms with van der Waals surface area (Å²) in [5.74, 6) is 0.924. The number of aryl methyl sites for hydroxylation is 2. The molecule has 2 amide bonds. The zero-order valence-electron chi connectivity index (χ0n) is 13.3. The van der Waals surface area contributed by atoms with E-state index < -0.39 is 0 Å². The molecule has 3 rings (SSSR count). The summed E-state index contributed by atoms with van der Waals surface area (Å²) in [6.07, 6.45) is 0. The highest BCUT2D eigenvalue weighted by molar-refractivity contribution is 5.97. The van der Waals surface area contributed by atoms with Crippen LogP contribution >= 0.6 is 0 Å². The van der Waals surface area contributed by atoms with Crippen LogP contribution in [-0.4, -0.2) is 52.4 Å². The quantitative estimate of drug-likeness (QED) is 0.851. The molecule has 2 aromatic heterocycles. The van der Waals surface area contributed by atoms with Gasteiger partial charge in [-0.25, -0.2) is 0 Å². The zero-order chi connectivity index (χ0) is 15.9. The third kappa shape index (κ3) is 2.38. The third-order valence-electron chi connectivity index (χ3n) is 4.26. The largest absolute Gasteiger partial charge is 0.460 e. The molecular formula is C16H21N3O3. The first kappa shape index (κ1) is 14.7. The first-order valence-corrected chi connectivity index (χ1v) is 7.65. The lowest BCUT2D eigenvalue weighted by Gasteiger charge is -2.34. The lowest BCUT2D eigenvalue weighted by Crippen LogP contribution is -2.50. The van der Waals surface area contributed by atoms with Crippen LogP contribution < -0.4 is 0 Å². The van der Waals surface area contributed by atoms with Gasteiger partial charge in [-0.15, -0.1) is 0 Å². The minimum atomic E-state index is 0.00843.